The van der Waals surface area contributed by atoms with Crippen molar-refractivity contribution in [1.29, 1.82) is 0 Å². The first kappa shape index (κ1) is 12.2. The molecule has 0 heterocycles. The number of allylic oxidation sites excluding steroid dienone is 2. The fourth-order valence-electron chi connectivity index (χ4n) is 2.22. The molecule has 0 aliphatic heterocycles. The molecule has 15 heavy (non-hydrogen) atoms. The maximum atomic E-state index is 10.8. The Morgan fingerprint density at radius 2 is 2.07 bits per heavy atom. The van der Waals surface area contributed by atoms with Gasteiger partial charge < -0.3 is 4.79 Å². The molecule has 1 rings (SSSR count). The summed E-state index contributed by atoms with van der Waals surface area (Å²) in [5.41, 5.74) is 1.08. The third-order valence-corrected chi connectivity index (χ3v) is 3.42. The van der Waals surface area contributed by atoms with E-state index in [1.807, 2.05) is 6.08 Å². The number of hydrogen-bond donors (Lipinski definition) is 0. The van der Waals surface area contributed by atoms with Gasteiger partial charge in [-0.1, -0.05) is 26.8 Å². The molecule has 0 aromatic heterocycles. The first-order chi connectivity index (χ1) is 6.99. The molecule has 0 N–H and O–H groups in total. The lowest BCUT2D eigenvalue weighted by Crippen LogP contribution is -2.27. The fourth-order valence-corrected chi connectivity index (χ4v) is 2.22. The van der Waals surface area contributed by atoms with Crippen LogP contribution in [-0.2, 0) is 9.59 Å². The summed E-state index contributed by atoms with van der Waals surface area (Å²) in [6.07, 6.45) is 6.26. The third kappa shape index (κ3) is 3.01. The maximum Gasteiger partial charge on any atom is 0.145 e. The van der Waals surface area contributed by atoms with Gasteiger partial charge in [-0.15, -0.1) is 0 Å². The normalized spacial score (nSPS) is 27.0. The van der Waals surface area contributed by atoms with E-state index >= 15 is 0 Å². The van der Waals surface area contributed by atoms with Gasteiger partial charge in [0, 0.05) is 6.42 Å². The largest absolute Gasteiger partial charge is 0.303 e. The van der Waals surface area contributed by atoms with Crippen LogP contribution >= 0.6 is 0 Å². The number of rotatable bonds is 3. The lowest BCUT2D eigenvalue weighted by Gasteiger charge is -2.36. The van der Waals surface area contributed by atoms with Crippen molar-refractivity contribution in [2.24, 2.45) is 17.3 Å². The lowest BCUT2D eigenvalue weighted by molar-refractivity contribution is -0.108. The Bertz CT molecular complexity index is 271. The monoisotopic (exact) mass is 208 g/mol. The van der Waals surface area contributed by atoms with E-state index in [9.17, 15) is 9.59 Å². The molecular formula is C13H20O2. The summed E-state index contributed by atoms with van der Waals surface area (Å²) in [5.74, 6) is 0.726. The van der Waals surface area contributed by atoms with Crippen molar-refractivity contribution < 1.29 is 9.59 Å². The maximum absolute atomic E-state index is 10.8. The lowest BCUT2D eigenvalue weighted by atomic mass is 9.69. The first-order valence-electron chi connectivity index (χ1n) is 5.58. The highest BCUT2D eigenvalue weighted by Crippen LogP contribution is 2.40. The molecule has 0 bridgehead atoms. The van der Waals surface area contributed by atoms with Crippen molar-refractivity contribution in [3.8, 4) is 0 Å². The smallest absolute Gasteiger partial charge is 0.145 e. The molecule has 2 atom stereocenters. The van der Waals surface area contributed by atoms with Crippen LogP contribution in [0.5, 0.6) is 0 Å². The van der Waals surface area contributed by atoms with Crippen molar-refractivity contribution >= 4 is 12.6 Å². The molecule has 84 valence electrons. The van der Waals surface area contributed by atoms with Gasteiger partial charge >= 0.3 is 0 Å². The predicted octanol–water partition coefficient (Wildman–Crippen LogP) is 2.77. The highest BCUT2D eigenvalue weighted by atomic mass is 16.1. The molecule has 0 fully saturated rings. The van der Waals surface area contributed by atoms with Gasteiger partial charge in [0.15, 0.2) is 0 Å². The van der Waals surface area contributed by atoms with Crippen LogP contribution in [0.4, 0.5) is 0 Å². The molecule has 0 radical (unpaired) electrons. The Kier molecular flexibility index (Phi) is 3.83. The van der Waals surface area contributed by atoms with Crippen molar-refractivity contribution in [3.63, 3.8) is 0 Å². The second-order valence-corrected chi connectivity index (χ2v) is 5.46. The average molecular weight is 208 g/mol. The van der Waals surface area contributed by atoms with E-state index in [0.29, 0.717) is 12.3 Å². The van der Waals surface area contributed by atoms with E-state index in [1.54, 1.807) is 0 Å². The Hall–Kier alpha value is -0.920. The molecule has 2 unspecified atom stereocenters. The van der Waals surface area contributed by atoms with Gasteiger partial charge in [0.05, 0.1) is 0 Å². The van der Waals surface area contributed by atoms with Gasteiger partial charge in [-0.25, -0.2) is 0 Å². The van der Waals surface area contributed by atoms with Crippen molar-refractivity contribution in [2.45, 2.75) is 40.0 Å². The molecule has 0 saturated heterocycles. The van der Waals surface area contributed by atoms with Gasteiger partial charge in [0.2, 0.25) is 0 Å². The van der Waals surface area contributed by atoms with Crippen LogP contribution in [-0.4, -0.2) is 12.6 Å². The van der Waals surface area contributed by atoms with E-state index in [4.69, 9.17) is 0 Å². The van der Waals surface area contributed by atoms with Crippen LogP contribution in [0.1, 0.15) is 40.0 Å². The molecule has 0 spiro atoms. The summed E-state index contributed by atoms with van der Waals surface area (Å²) in [6, 6.07) is 0. The predicted molar refractivity (Wildman–Crippen MR) is 60.5 cm³/mol. The van der Waals surface area contributed by atoms with Gasteiger partial charge in [-0.05, 0) is 35.7 Å². The quantitative estimate of drug-likeness (QED) is 0.668. The second kappa shape index (κ2) is 4.73. The Balaban J connectivity index is 2.78. The zero-order valence-electron chi connectivity index (χ0n) is 9.82. The summed E-state index contributed by atoms with van der Waals surface area (Å²) < 4.78 is 0. The number of aldehydes is 2. The minimum atomic E-state index is 0.151. The standard InChI is InChI=1S/C13H20O2/c1-13(2,3)12-5-4-11(9-15)10(8-12)6-7-14/h4,7,9-10,12H,5-6,8H2,1-3H3. The number of carbonyl (C=O) groups excluding carboxylic acids is 2. The van der Waals surface area contributed by atoms with Crippen LogP contribution in [0.3, 0.4) is 0 Å². The Labute approximate surface area is 91.7 Å². The van der Waals surface area contributed by atoms with Crippen molar-refractivity contribution in [2.75, 3.05) is 0 Å². The van der Waals surface area contributed by atoms with E-state index in [-0.39, 0.29) is 11.3 Å². The average Bonchev–Trinajstić information content (AvgIpc) is 2.17. The van der Waals surface area contributed by atoms with Gasteiger partial charge in [0.25, 0.3) is 0 Å². The van der Waals surface area contributed by atoms with Crippen LogP contribution in [0.15, 0.2) is 11.6 Å². The molecule has 0 aromatic carbocycles. The molecule has 1 aliphatic carbocycles. The Morgan fingerprint density at radius 3 is 2.53 bits per heavy atom. The van der Waals surface area contributed by atoms with Crippen LogP contribution < -0.4 is 0 Å². The highest BCUT2D eigenvalue weighted by molar-refractivity contribution is 5.75. The zero-order chi connectivity index (χ0) is 11.5. The summed E-state index contributed by atoms with van der Waals surface area (Å²) in [7, 11) is 0. The second-order valence-electron chi connectivity index (χ2n) is 5.46. The molecule has 2 nitrogen and oxygen atoms in total. The SMILES string of the molecule is CC(C)(C)C1CC=C(C=O)C(CC=O)C1. The minimum absolute atomic E-state index is 0.151. The summed E-state index contributed by atoms with van der Waals surface area (Å²) in [6.45, 7) is 6.65. The third-order valence-electron chi connectivity index (χ3n) is 3.42. The van der Waals surface area contributed by atoms with E-state index < -0.39 is 0 Å². The van der Waals surface area contributed by atoms with Crippen LogP contribution in [0.25, 0.3) is 0 Å². The summed E-state index contributed by atoms with van der Waals surface area (Å²) in [5, 5.41) is 0. The number of carbonyl (C=O) groups is 2. The molecule has 0 saturated carbocycles. The fraction of sp³-hybridized carbons (Fsp3) is 0.692. The molecule has 0 aromatic rings. The minimum Gasteiger partial charge on any atom is -0.303 e. The summed E-state index contributed by atoms with van der Waals surface area (Å²) >= 11 is 0. The van der Waals surface area contributed by atoms with Gasteiger partial charge in [0.1, 0.15) is 12.6 Å². The molecule has 0 amide bonds. The molecular weight excluding hydrogens is 188 g/mol. The van der Waals surface area contributed by atoms with Crippen LogP contribution in [0, 0.1) is 17.3 Å². The zero-order valence-corrected chi connectivity index (χ0v) is 9.82. The topological polar surface area (TPSA) is 34.1 Å². The first-order valence-corrected chi connectivity index (χ1v) is 5.58. The van der Waals surface area contributed by atoms with Gasteiger partial charge in [-0.3, -0.25) is 4.79 Å². The van der Waals surface area contributed by atoms with Crippen molar-refractivity contribution in [1.82, 2.24) is 0 Å². The molecule has 1 aliphatic rings. The van der Waals surface area contributed by atoms with Crippen molar-refractivity contribution in [3.05, 3.63) is 11.6 Å². The van der Waals surface area contributed by atoms with E-state index in [2.05, 4.69) is 20.8 Å². The van der Waals surface area contributed by atoms with Crippen LogP contribution in [0.2, 0.25) is 0 Å². The van der Waals surface area contributed by atoms with E-state index in [1.165, 1.54) is 0 Å². The highest BCUT2D eigenvalue weighted by Gasteiger charge is 2.31. The Morgan fingerprint density at radius 1 is 1.40 bits per heavy atom. The van der Waals surface area contributed by atoms with Gasteiger partial charge in [-0.2, -0.15) is 0 Å². The number of hydrogen-bond acceptors (Lipinski definition) is 2. The molecule has 2 heteroatoms. The summed E-state index contributed by atoms with van der Waals surface area (Å²) in [4.78, 5) is 21.4. The van der Waals surface area contributed by atoms with E-state index in [0.717, 1.165) is 31.0 Å².